The Morgan fingerprint density at radius 1 is 1.18 bits per heavy atom. The van der Waals surface area contributed by atoms with Gasteiger partial charge in [-0.15, -0.1) is 0 Å². The average molecular weight is 527 g/mol. The van der Waals surface area contributed by atoms with Crippen molar-refractivity contribution in [3.05, 3.63) is 71.4 Å². The van der Waals surface area contributed by atoms with E-state index in [0.717, 1.165) is 13.1 Å². The number of nitriles is 1. The molecule has 2 heterocycles. The van der Waals surface area contributed by atoms with E-state index in [-0.39, 0.29) is 18.9 Å². The molecule has 0 aliphatic rings. The quantitative estimate of drug-likeness (QED) is 0.231. The number of amides is 1. The molecular formula is C28H27FN8O2. The Bertz CT molecular complexity index is 1570. The van der Waals surface area contributed by atoms with Crippen LogP contribution in [-0.2, 0) is 11.2 Å². The number of aliphatic hydroxyl groups excluding tert-OH is 1. The highest BCUT2D eigenvalue weighted by molar-refractivity contribution is 5.93. The highest BCUT2D eigenvalue weighted by Crippen LogP contribution is 2.25. The minimum absolute atomic E-state index is 0.00629. The topological polar surface area (TPSA) is 143 Å². The molecule has 0 bridgehead atoms. The zero-order valence-corrected chi connectivity index (χ0v) is 21.3. The number of H-pyrrole nitrogens is 1. The van der Waals surface area contributed by atoms with E-state index in [1.165, 1.54) is 24.5 Å². The number of benzene rings is 2. The maximum absolute atomic E-state index is 13.3. The molecule has 4 N–H and O–H groups in total. The largest absolute Gasteiger partial charge is 0.395 e. The van der Waals surface area contributed by atoms with Crippen LogP contribution in [0.1, 0.15) is 30.2 Å². The van der Waals surface area contributed by atoms with Crippen LogP contribution in [0.4, 0.5) is 21.7 Å². The molecule has 0 spiro atoms. The molecule has 198 valence electrons. The van der Waals surface area contributed by atoms with Crippen LogP contribution in [0.15, 0.2) is 48.8 Å². The third kappa shape index (κ3) is 7.36. The highest BCUT2D eigenvalue weighted by atomic mass is 19.1. The molecule has 0 aliphatic heterocycles. The molecule has 1 amide bonds. The van der Waals surface area contributed by atoms with Crippen molar-refractivity contribution in [2.24, 2.45) is 0 Å². The molecular weight excluding hydrogens is 499 g/mol. The van der Waals surface area contributed by atoms with Gasteiger partial charge in [0.1, 0.15) is 24.0 Å². The molecule has 4 rings (SSSR count). The average Bonchev–Trinajstić information content (AvgIpc) is 3.36. The summed E-state index contributed by atoms with van der Waals surface area (Å²) in [5.41, 5.74) is 2.49. The summed E-state index contributed by atoms with van der Waals surface area (Å²) in [4.78, 5) is 23.1. The Labute approximate surface area is 224 Å². The monoisotopic (exact) mass is 526 g/mol. The molecule has 4 aromatic rings. The molecule has 0 fully saturated rings. The van der Waals surface area contributed by atoms with Crippen LogP contribution in [-0.4, -0.2) is 62.3 Å². The standard InChI is InChI=1S/C28H27FN8O2/c1-2-37(10-11-38)9-4-3-6-19-13-25-24(12-20(19)17-30)28(32-18-31-25)34-26-15-23(35-36-26)16-27(39)33-22-8-5-7-21(29)14-22/h5,7-8,12-15,18,38H,2,4,9-11,16H2,1H3,(H,33,39)(H2,31,32,34,35,36). The molecule has 11 heteroatoms. The number of halogens is 1. The number of anilines is 3. The van der Waals surface area contributed by atoms with Crippen molar-refractivity contribution in [2.75, 3.05) is 36.9 Å². The number of hydrogen-bond acceptors (Lipinski definition) is 8. The van der Waals surface area contributed by atoms with Gasteiger partial charge in [-0.05, 0) is 36.9 Å². The van der Waals surface area contributed by atoms with Gasteiger partial charge in [-0.2, -0.15) is 10.4 Å². The van der Waals surface area contributed by atoms with Gasteiger partial charge in [0.05, 0.1) is 24.1 Å². The lowest BCUT2D eigenvalue weighted by Crippen LogP contribution is -2.27. The highest BCUT2D eigenvalue weighted by Gasteiger charge is 2.12. The summed E-state index contributed by atoms with van der Waals surface area (Å²) in [7, 11) is 0. The first kappa shape index (κ1) is 27.2. The molecule has 0 saturated carbocycles. The Balaban J connectivity index is 1.46. The van der Waals surface area contributed by atoms with Crippen molar-refractivity contribution in [2.45, 2.75) is 19.8 Å². The number of fused-ring (bicyclic) bond motifs is 1. The maximum atomic E-state index is 13.3. The second kappa shape index (κ2) is 13.1. The molecule has 2 aromatic heterocycles. The van der Waals surface area contributed by atoms with Crippen molar-refractivity contribution in [3.63, 3.8) is 0 Å². The number of aromatic nitrogens is 4. The van der Waals surface area contributed by atoms with Gasteiger partial charge in [-0.3, -0.25) is 9.89 Å². The number of nitrogens with one attached hydrogen (secondary N) is 3. The van der Waals surface area contributed by atoms with E-state index in [0.29, 0.717) is 58.0 Å². The fourth-order valence-corrected chi connectivity index (χ4v) is 3.92. The van der Waals surface area contributed by atoms with Gasteiger partial charge in [-0.25, -0.2) is 14.4 Å². The number of likely N-dealkylation sites (N-methyl/N-ethyl adjacent to an activating group) is 1. The number of carbonyl (C=O) groups excluding carboxylic acids is 1. The smallest absolute Gasteiger partial charge is 0.230 e. The minimum Gasteiger partial charge on any atom is -0.395 e. The Hall–Kier alpha value is -4.84. The summed E-state index contributed by atoms with van der Waals surface area (Å²) in [6.07, 6.45) is 2.02. The fraction of sp³-hybridized carbons (Fsp3) is 0.250. The van der Waals surface area contributed by atoms with E-state index in [1.807, 2.05) is 6.92 Å². The molecule has 0 aliphatic carbocycles. The van der Waals surface area contributed by atoms with E-state index in [2.05, 4.69) is 53.6 Å². The first-order valence-corrected chi connectivity index (χ1v) is 12.4. The summed E-state index contributed by atoms with van der Waals surface area (Å²) in [6, 6.07) is 13.0. The lowest BCUT2D eigenvalue weighted by atomic mass is 10.0. The number of carbonyl (C=O) groups is 1. The van der Waals surface area contributed by atoms with E-state index < -0.39 is 5.82 Å². The lowest BCUT2D eigenvalue weighted by Gasteiger charge is -2.16. The van der Waals surface area contributed by atoms with Gasteiger partial charge in [0.25, 0.3) is 0 Å². The van der Waals surface area contributed by atoms with Crippen molar-refractivity contribution in [1.29, 1.82) is 5.26 Å². The predicted molar refractivity (Wildman–Crippen MR) is 146 cm³/mol. The van der Waals surface area contributed by atoms with Gasteiger partial charge >= 0.3 is 0 Å². The second-order valence-corrected chi connectivity index (χ2v) is 8.60. The number of aromatic amines is 1. The van der Waals surface area contributed by atoms with Crippen molar-refractivity contribution in [3.8, 4) is 17.9 Å². The van der Waals surface area contributed by atoms with Gasteiger partial charge in [0.15, 0.2) is 5.82 Å². The van der Waals surface area contributed by atoms with Gasteiger partial charge in [0, 0.05) is 47.9 Å². The van der Waals surface area contributed by atoms with Crippen LogP contribution in [0.25, 0.3) is 10.9 Å². The summed E-state index contributed by atoms with van der Waals surface area (Å²) >= 11 is 0. The second-order valence-electron chi connectivity index (χ2n) is 8.60. The Morgan fingerprint density at radius 2 is 2.05 bits per heavy atom. The number of nitrogens with zero attached hydrogens (tertiary/aromatic N) is 5. The van der Waals surface area contributed by atoms with Crippen LogP contribution >= 0.6 is 0 Å². The minimum atomic E-state index is -0.436. The van der Waals surface area contributed by atoms with Crippen molar-refractivity contribution >= 4 is 34.1 Å². The van der Waals surface area contributed by atoms with Crippen molar-refractivity contribution < 1.29 is 14.3 Å². The summed E-state index contributed by atoms with van der Waals surface area (Å²) in [5.74, 6) is 6.28. The van der Waals surface area contributed by atoms with Crippen LogP contribution in [0.5, 0.6) is 0 Å². The molecule has 0 atom stereocenters. The normalized spacial score (nSPS) is 10.6. The molecule has 10 nitrogen and oxygen atoms in total. The molecule has 0 unspecified atom stereocenters. The van der Waals surface area contributed by atoms with Gasteiger partial charge in [-0.1, -0.05) is 24.8 Å². The summed E-state index contributed by atoms with van der Waals surface area (Å²) in [6.45, 7) is 4.29. The Kier molecular flexibility index (Phi) is 9.14. The van der Waals surface area contributed by atoms with Crippen LogP contribution < -0.4 is 10.6 Å². The SMILES string of the molecule is CCN(CCO)CCC#Cc1cc2ncnc(Nc3cc(CC(=O)Nc4cccc(F)c4)[nH]n3)c2cc1C#N. The number of rotatable bonds is 10. The maximum Gasteiger partial charge on any atom is 0.230 e. The lowest BCUT2D eigenvalue weighted by molar-refractivity contribution is -0.115. The van der Waals surface area contributed by atoms with E-state index in [9.17, 15) is 14.4 Å². The first-order chi connectivity index (χ1) is 19.0. The van der Waals surface area contributed by atoms with Crippen LogP contribution in [0, 0.1) is 29.0 Å². The van der Waals surface area contributed by atoms with Crippen molar-refractivity contribution in [1.82, 2.24) is 25.1 Å². The molecule has 0 radical (unpaired) electrons. The zero-order chi connectivity index (χ0) is 27.6. The third-order valence-corrected chi connectivity index (χ3v) is 5.87. The first-order valence-electron chi connectivity index (χ1n) is 12.4. The van der Waals surface area contributed by atoms with Crippen LogP contribution in [0.2, 0.25) is 0 Å². The summed E-state index contributed by atoms with van der Waals surface area (Å²) in [5, 5.41) is 32.2. The van der Waals surface area contributed by atoms with E-state index in [1.54, 1.807) is 24.3 Å². The molecule has 2 aromatic carbocycles. The number of hydrogen-bond donors (Lipinski definition) is 4. The summed E-state index contributed by atoms with van der Waals surface area (Å²) < 4.78 is 13.3. The van der Waals surface area contributed by atoms with E-state index >= 15 is 0 Å². The molecule has 0 saturated heterocycles. The Morgan fingerprint density at radius 3 is 2.82 bits per heavy atom. The van der Waals surface area contributed by atoms with Gasteiger partial charge in [0.2, 0.25) is 5.91 Å². The van der Waals surface area contributed by atoms with E-state index in [4.69, 9.17) is 5.11 Å². The zero-order valence-electron chi connectivity index (χ0n) is 21.3. The number of aliphatic hydroxyl groups is 1. The van der Waals surface area contributed by atoms with Gasteiger partial charge < -0.3 is 20.6 Å². The fourth-order valence-electron chi connectivity index (χ4n) is 3.92. The third-order valence-electron chi connectivity index (χ3n) is 5.87. The predicted octanol–water partition coefficient (Wildman–Crippen LogP) is 3.34. The molecule has 39 heavy (non-hydrogen) atoms. The van der Waals surface area contributed by atoms with Crippen LogP contribution in [0.3, 0.4) is 0 Å².